The molecule has 0 radical (unpaired) electrons. The van der Waals surface area contributed by atoms with E-state index in [1.807, 2.05) is 21.4 Å². The number of aromatic nitrogens is 4. The molecule has 4 heterocycles. The van der Waals surface area contributed by atoms with E-state index in [1.54, 1.807) is 37.6 Å². The van der Waals surface area contributed by atoms with E-state index in [2.05, 4.69) is 15.2 Å². The van der Waals surface area contributed by atoms with Crippen molar-refractivity contribution >= 4 is 63.1 Å². The van der Waals surface area contributed by atoms with E-state index in [-0.39, 0.29) is 5.91 Å². The fourth-order valence-electron chi connectivity index (χ4n) is 3.77. The van der Waals surface area contributed by atoms with Gasteiger partial charge in [-0.15, -0.1) is 0 Å². The lowest BCUT2D eigenvalue weighted by Gasteiger charge is -2.34. The molecule has 4 aromatic rings. The van der Waals surface area contributed by atoms with Crippen LogP contribution in [-0.4, -0.2) is 56.3 Å². The monoisotopic (exact) mass is 455 g/mol. The van der Waals surface area contributed by atoms with Crippen LogP contribution in [-0.2, 0) is 4.79 Å². The van der Waals surface area contributed by atoms with E-state index in [9.17, 15) is 4.79 Å². The smallest absolute Gasteiger partial charge is 0.219 e. The molecule has 1 amide bonds. The number of imidazole rings is 1. The Kier molecular flexibility index (Phi) is 5.03. The first kappa shape index (κ1) is 19.8. The Labute approximate surface area is 188 Å². The first-order chi connectivity index (χ1) is 15.0. The fraction of sp³-hybridized carbons (Fsp3) is 0.238. The summed E-state index contributed by atoms with van der Waals surface area (Å²) in [5.74, 6) is 1.54. The van der Waals surface area contributed by atoms with Crippen LogP contribution in [0.15, 0.2) is 42.9 Å². The van der Waals surface area contributed by atoms with Gasteiger partial charge in [-0.3, -0.25) is 9.20 Å². The predicted octanol–water partition coefficient (Wildman–Crippen LogP) is 4.00. The van der Waals surface area contributed by atoms with Crippen LogP contribution in [0, 0.1) is 0 Å². The molecule has 0 saturated carbocycles. The van der Waals surface area contributed by atoms with Crippen molar-refractivity contribution in [2.75, 3.05) is 36.4 Å². The quantitative estimate of drug-likeness (QED) is 0.502. The minimum absolute atomic E-state index is 0.106. The Bertz CT molecular complexity index is 1280. The van der Waals surface area contributed by atoms with Gasteiger partial charge >= 0.3 is 0 Å². The second-order valence-corrected chi connectivity index (χ2v) is 8.15. The second-order valence-electron chi connectivity index (χ2n) is 7.34. The Morgan fingerprint density at radius 2 is 1.77 bits per heavy atom. The van der Waals surface area contributed by atoms with Crippen molar-refractivity contribution in [3.05, 3.63) is 52.9 Å². The number of amides is 1. The molecule has 5 rings (SSSR count). The third kappa shape index (κ3) is 3.62. The van der Waals surface area contributed by atoms with E-state index < -0.39 is 0 Å². The molecule has 0 spiro atoms. The lowest BCUT2D eigenvalue weighted by Crippen LogP contribution is -2.48. The molecule has 8 nitrogen and oxygen atoms in total. The number of halogens is 2. The number of rotatable bonds is 3. The summed E-state index contributed by atoms with van der Waals surface area (Å²) in [6.07, 6.45) is 3.43. The summed E-state index contributed by atoms with van der Waals surface area (Å²) in [6.45, 7) is 4.46. The molecule has 0 atom stereocenters. The van der Waals surface area contributed by atoms with Gasteiger partial charge in [-0.25, -0.2) is 15.0 Å². The molecule has 3 aromatic heterocycles. The number of benzene rings is 1. The number of fused-ring (bicyclic) bond motifs is 3. The fourth-order valence-corrected chi connectivity index (χ4v) is 4.26. The summed E-state index contributed by atoms with van der Waals surface area (Å²) < 4.78 is 1.89. The standard InChI is InChI=1S/C21H19Cl2N7O/c1-13(31)28-7-9-29(10-8-28)18-6-5-16-21(26-18)30-12-24-11-17(30)20(25-16)27-19-14(22)3-2-4-15(19)23/h2-6,11-12H,7-10H2,1H3,(H,25,27). The van der Waals surface area contributed by atoms with Crippen molar-refractivity contribution in [2.24, 2.45) is 0 Å². The Morgan fingerprint density at radius 3 is 2.48 bits per heavy atom. The largest absolute Gasteiger partial charge is 0.353 e. The van der Waals surface area contributed by atoms with Gasteiger partial charge in [0.25, 0.3) is 0 Å². The number of hydrogen-bond acceptors (Lipinski definition) is 6. The maximum Gasteiger partial charge on any atom is 0.219 e. The number of para-hydroxylation sites is 1. The molecule has 1 aliphatic rings. The normalized spacial score (nSPS) is 14.4. The van der Waals surface area contributed by atoms with Crippen molar-refractivity contribution in [3.8, 4) is 0 Å². The summed E-state index contributed by atoms with van der Waals surface area (Å²) >= 11 is 12.6. The van der Waals surface area contributed by atoms with Gasteiger partial charge in [0.1, 0.15) is 23.2 Å². The van der Waals surface area contributed by atoms with Crippen LogP contribution in [0.2, 0.25) is 10.0 Å². The first-order valence-electron chi connectivity index (χ1n) is 9.85. The third-order valence-corrected chi connectivity index (χ3v) is 6.07. The number of pyridine rings is 1. The first-order valence-corrected chi connectivity index (χ1v) is 10.6. The number of piperazine rings is 1. The van der Waals surface area contributed by atoms with E-state index in [4.69, 9.17) is 33.2 Å². The van der Waals surface area contributed by atoms with Crippen molar-refractivity contribution in [1.29, 1.82) is 0 Å². The number of nitrogens with one attached hydrogen (secondary N) is 1. The lowest BCUT2D eigenvalue weighted by atomic mass is 10.3. The highest BCUT2D eigenvalue weighted by molar-refractivity contribution is 6.39. The SMILES string of the molecule is CC(=O)N1CCN(c2ccc3nc(Nc4c(Cl)cccc4Cl)c4cncn4c3n2)CC1. The molecule has 0 aliphatic carbocycles. The van der Waals surface area contributed by atoms with E-state index in [0.717, 1.165) is 24.4 Å². The summed E-state index contributed by atoms with van der Waals surface area (Å²) in [4.78, 5) is 29.5. The molecule has 158 valence electrons. The molecule has 0 unspecified atom stereocenters. The Hall–Kier alpha value is -3.10. The topological polar surface area (TPSA) is 78.7 Å². The molecule has 1 fully saturated rings. The minimum Gasteiger partial charge on any atom is -0.353 e. The van der Waals surface area contributed by atoms with Crippen molar-refractivity contribution in [2.45, 2.75) is 6.92 Å². The van der Waals surface area contributed by atoms with Gasteiger partial charge in [0.05, 0.1) is 21.9 Å². The van der Waals surface area contributed by atoms with Gasteiger partial charge in [-0.1, -0.05) is 29.3 Å². The average Bonchev–Trinajstić information content (AvgIpc) is 3.27. The number of anilines is 3. The van der Waals surface area contributed by atoms with Crippen LogP contribution in [0.1, 0.15) is 6.92 Å². The Morgan fingerprint density at radius 1 is 1.03 bits per heavy atom. The number of carbonyl (C=O) groups excluding carboxylic acids is 1. The van der Waals surface area contributed by atoms with Gasteiger partial charge in [0.2, 0.25) is 5.91 Å². The maximum absolute atomic E-state index is 11.6. The summed E-state index contributed by atoms with van der Waals surface area (Å²) in [6, 6.07) is 9.22. The zero-order chi connectivity index (χ0) is 21.5. The minimum atomic E-state index is 0.106. The van der Waals surface area contributed by atoms with Crippen LogP contribution < -0.4 is 10.2 Å². The summed E-state index contributed by atoms with van der Waals surface area (Å²) in [7, 11) is 0. The lowest BCUT2D eigenvalue weighted by molar-refractivity contribution is -0.129. The number of nitrogens with zero attached hydrogens (tertiary/aromatic N) is 6. The van der Waals surface area contributed by atoms with Gasteiger partial charge in [0.15, 0.2) is 11.5 Å². The molecule has 1 N–H and O–H groups in total. The van der Waals surface area contributed by atoms with Crippen LogP contribution in [0.5, 0.6) is 0 Å². The van der Waals surface area contributed by atoms with Gasteiger partial charge < -0.3 is 15.1 Å². The second kappa shape index (κ2) is 7.86. The van der Waals surface area contributed by atoms with Crippen molar-refractivity contribution in [1.82, 2.24) is 24.3 Å². The van der Waals surface area contributed by atoms with Crippen LogP contribution in [0.3, 0.4) is 0 Å². The van der Waals surface area contributed by atoms with E-state index in [0.29, 0.717) is 45.8 Å². The summed E-state index contributed by atoms with van der Waals surface area (Å²) in [5.41, 5.74) is 2.76. The van der Waals surface area contributed by atoms with Gasteiger partial charge in [-0.05, 0) is 24.3 Å². The molecule has 10 heteroatoms. The molecule has 1 aliphatic heterocycles. The molecular formula is C21H19Cl2N7O. The van der Waals surface area contributed by atoms with Gasteiger partial charge in [0, 0.05) is 33.1 Å². The molecular weight excluding hydrogens is 437 g/mol. The molecule has 1 aromatic carbocycles. The van der Waals surface area contributed by atoms with Crippen molar-refractivity contribution < 1.29 is 4.79 Å². The zero-order valence-electron chi connectivity index (χ0n) is 16.7. The van der Waals surface area contributed by atoms with Crippen LogP contribution >= 0.6 is 23.2 Å². The zero-order valence-corrected chi connectivity index (χ0v) is 18.2. The maximum atomic E-state index is 11.6. The highest BCUT2D eigenvalue weighted by Gasteiger charge is 2.21. The van der Waals surface area contributed by atoms with Crippen molar-refractivity contribution in [3.63, 3.8) is 0 Å². The highest BCUT2D eigenvalue weighted by Crippen LogP contribution is 2.34. The van der Waals surface area contributed by atoms with Gasteiger partial charge in [-0.2, -0.15) is 0 Å². The van der Waals surface area contributed by atoms with E-state index in [1.165, 1.54) is 0 Å². The van der Waals surface area contributed by atoms with Crippen LogP contribution in [0.25, 0.3) is 16.7 Å². The predicted molar refractivity (Wildman–Crippen MR) is 122 cm³/mol. The average molecular weight is 456 g/mol. The number of hydrogen-bond donors (Lipinski definition) is 1. The van der Waals surface area contributed by atoms with Crippen LogP contribution in [0.4, 0.5) is 17.3 Å². The highest BCUT2D eigenvalue weighted by atomic mass is 35.5. The third-order valence-electron chi connectivity index (χ3n) is 5.44. The van der Waals surface area contributed by atoms with E-state index >= 15 is 0 Å². The number of carbonyl (C=O) groups is 1. The molecule has 0 bridgehead atoms. The molecule has 1 saturated heterocycles. The Balaban J connectivity index is 1.53. The molecule has 31 heavy (non-hydrogen) atoms. The summed E-state index contributed by atoms with van der Waals surface area (Å²) in [5, 5.41) is 4.25.